The van der Waals surface area contributed by atoms with Gasteiger partial charge >= 0.3 is 0 Å². The zero-order valence-electron chi connectivity index (χ0n) is 16.0. The van der Waals surface area contributed by atoms with E-state index in [9.17, 15) is 9.59 Å². The average molecular weight is 381 g/mol. The van der Waals surface area contributed by atoms with Gasteiger partial charge in [-0.3, -0.25) is 9.59 Å². The molecule has 2 aromatic rings. The number of methoxy groups -OCH3 is 2. The lowest BCUT2D eigenvalue weighted by Gasteiger charge is -2.10. The predicted octanol–water partition coefficient (Wildman–Crippen LogP) is 2.80. The summed E-state index contributed by atoms with van der Waals surface area (Å²) in [5, 5.41) is 14.0. The number of nitrogens with zero attached hydrogens (tertiary/aromatic N) is 1. The van der Waals surface area contributed by atoms with Crippen LogP contribution in [0.5, 0.6) is 11.5 Å². The monoisotopic (exact) mass is 381 g/mol. The van der Waals surface area contributed by atoms with E-state index in [0.717, 1.165) is 11.1 Å². The Hall–Kier alpha value is -3.53. The molecule has 2 amide bonds. The summed E-state index contributed by atoms with van der Waals surface area (Å²) in [6, 6.07) is 14.6. The minimum atomic E-state index is -0.327. The Balaban J connectivity index is 1.88. The first kappa shape index (κ1) is 20.8. The van der Waals surface area contributed by atoms with Gasteiger partial charge in [0.15, 0.2) is 11.5 Å². The number of amides is 2. The number of rotatable bonds is 9. The number of carbonyl (C=O) groups is 2. The number of benzene rings is 2. The largest absolute Gasteiger partial charge is 0.493 e. The van der Waals surface area contributed by atoms with Crippen LogP contribution in [0.1, 0.15) is 24.0 Å². The summed E-state index contributed by atoms with van der Waals surface area (Å²) in [5.41, 5.74) is 2.47. The van der Waals surface area contributed by atoms with Gasteiger partial charge in [0.2, 0.25) is 11.8 Å². The summed E-state index contributed by atoms with van der Waals surface area (Å²) in [7, 11) is 3.15. The molecule has 0 heterocycles. The average Bonchev–Trinajstić information content (AvgIpc) is 2.71. The predicted molar refractivity (Wildman–Crippen MR) is 105 cm³/mol. The van der Waals surface area contributed by atoms with Crippen LogP contribution in [0.15, 0.2) is 42.5 Å². The number of nitriles is 1. The molecule has 0 saturated heterocycles. The number of ether oxygens (including phenoxy) is 2. The van der Waals surface area contributed by atoms with E-state index in [1.165, 1.54) is 0 Å². The first-order chi connectivity index (χ1) is 13.5. The number of aryl methyl sites for hydroxylation is 1. The third-order valence-electron chi connectivity index (χ3n) is 4.03. The molecule has 0 bridgehead atoms. The molecule has 7 nitrogen and oxygen atoms in total. The number of hydrogen-bond acceptors (Lipinski definition) is 5. The lowest BCUT2D eigenvalue weighted by Crippen LogP contribution is -2.22. The molecule has 0 spiro atoms. The SMILES string of the molecule is COc1ccc(CCC(=O)Nc2cccc(CNC(=O)CC#N)c2)cc1OC. The van der Waals surface area contributed by atoms with E-state index >= 15 is 0 Å². The van der Waals surface area contributed by atoms with Gasteiger partial charge in [0, 0.05) is 18.7 Å². The molecule has 7 heteroatoms. The van der Waals surface area contributed by atoms with Gasteiger partial charge in [-0.2, -0.15) is 5.26 Å². The van der Waals surface area contributed by atoms with Gasteiger partial charge in [-0.15, -0.1) is 0 Å². The van der Waals surface area contributed by atoms with Gasteiger partial charge in [0.25, 0.3) is 0 Å². The maximum absolute atomic E-state index is 12.3. The van der Waals surface area contributed by atoms with Crippen LogP contribution in [0.25, 0.3) is 0 Å². The Morgan fingerprint density at radius 3 is 2.50 bits per heavy atom. The van der Waals surface area contributed by atoms with E-state index in [2.05, 4.69) is 10.6 Å². The van der Waals surface area contributed by atoms with Crippen molar-refractivity contribution < 1.29 is 19.1 Å². The highest BCUT2D eigenvalue weighted by atomic mass is 16.5. The number of nitrogens with one attached hydrogen (secondary N) is 2. The van der Waals surface area contributed by atoms with Gasteiger partial charge in [0.05, 0.1) is 20.3 Å². The van der Waals surface area contributed by atoms with Crippen molar-refractivity contribution in [2.75, 3.05) is 19.5 Å². The Bertz CT molecular complexity index is 874. The molecule has 0 saturated carbocycles. The maximum Gasteiger partial charge on any atom is 0.234 e. The topological polar surface area (TPSA) is 100 Å². The third-order valence-corrected chi connectivity index (χ3v) is 4.03. The van der Waals surface area contributed by atoms with Crippen LogP contribution in [0, 0.1) is 11.3 Å². The first-order valence-corrected chi connectivity index (χ1v) is 8.79. The molecular formula is C21H23N3O4. The van der Waals surface area contributed by atoms with Crippen LogP contribution < -0.4 is 20.1 Å². The van der Waals surface area contributed by atoms with Gasteiger partial charge < -0.3 is 20.1 Å². The van der Waals surface area contributed by atoms with Crippen LogP contribution in [0.2, 0.25) is 0 Å². The lowest BCUT2D eigenvalue weighted by atomic mass is 10.1. The fourth-order valence-electron chi connectivity index (χ4n) is 2.61. The summed E-state index contributed by atoms with van der Waals surface area (Å²) in [6.45, 7) is 0.301. The Morgan fingerprint density at radius 1 is 1.00 bits per heavy atom. The molecule has 0 fully saturated rings. The second-order valence-corrected chi connectivity index (χ2v) is 6.05. The molecule has 2 aromatic carbocycles. The van der Waals surface area contributed by atoms with E-state index < -0.39 is 0 Å². The van der Waals surface area contributed by atoms with E-state index in [0.29, 0.717) is 36.6 Å². The summed E-state index contributed by atoms with van der Waals surface area (Å²) >= 11 is 0. The second-order valence-electron chi connectivity index (χ2n) is 6.05. The minimum Gasteiger partial charge on any atom is -0.493 e. The highest BCUT2D eigenvalue weighted by Gasteiger charge is 2.08. The Kier molecular flexibility index (Phi) is 7.85. The van der Waals surface area contributed by atoms with Crippen molar-refractivity contribution in [1.82, 2.24) is 5.32 Å². The van der Waals surface area contributed by atoms with E-state index in [1.54, 1.807) is 38.5 Å². The van der Waals surface area contributed by atoms with E-state index in [-0.39, 0.29) is 18.2 Å². The molecule has 0 atom stereocenters. The Morgan fingerprint density at radius 2 is 1.79 bits per heavy atom. The van der Waals surface area contributed by atoms with Crippen LogP contribution >= 0.6 is 0 Å². The summed E-state index contributed by atoms with van der Waals surface area (Å²) in [4.78, 5) is 23.6. The zero-order valence-corrected chi connectivity index (χ0v) is 16.0. The van der Waals surface area contributed by atoms with Crippen LogP contribution in [0.4, 0.5) is 5.69 Å². The zero-order chi connectivity index (χ0) is 20.4. The number of hydrogen-bond donors (Lipinski definition) is 2. The Labute approximate surface area is 164 Å². The van der Waals surface area contributed by atoms with Crippen molar-refractivity contribution in [3.63, 3.8) is 0 Å². The summed E-state index contributed by atoms with van der Waals surface area (Å²) < 4.78 is 10.5. The maximum atomic E-state index is 12.3. The highest BCUT2D eigenvalue weighted by molar-refractivity contribution is 5.90. The van der Waals surface area contributed by atoms with E-state index in [1.807, 2.05) is 24.3 Å². The highest BCUT2D eigenvalue weighted by Crippen LogP contribution is 2.28. The van der Waals surface area contributed by atoms with Crippen molar-refractivity contribution in [2.45, 2.75) is 25.8 Å². The molecule has 28 heavy (non-hydrogen) atoms. The van der Waals surface area contributed by atoms with Crippen LogP contribution in [-0.2, 0) is 22.6 Å². The fraction of sp³-hybridized carbons (Fsp3) is 0.286. The first-order valence-electron chi connectivity index (χ1n) is 8.79. The van der Waals surface area contributed by atoms with Crippen molar-refractivity contribution in [3.05, 3.63) is 53.6 Å². The van der Waals surface area contributed by atoms with E-state index in [4.69, 9.17) is 14.7 Å². The molecule has 0 aromatic heterocycles. The molecule has 0 radical (unpaired) electrons. The molecule has 0 aliphatic heterocycles. The smallest absolute Gasteiger partial charge is 0.234 e. The fourth-order valence-corrected chi connectivity index (χ4v) is 2.61. The van der Waals surface area contributed by atoms with Gasteiger partial charge in [0.1, 0.15) is 6.42 Å². The lowest BCUT2D eigenvalue weighted by molar-refractivity contribution is -0.120. The standard InChI is InChI=1S/C21H23N3O4/c1-27-18-8-6-15(13-19(18)28-2)7-9-21(26)24-17-5-3-4-16(12-17)14-23-20(25)10-11-22/h3-6,8,12-13H,7,9-10,14H2,1-2H3,(H,23,25)(H,24,26). The van der Waals surface area contributed by atoms with Gasteiger partial charge in [-0.25, -0.2) is 0 Å². The molecule has 0 unspecified atom stereocenters. The molecular weight excluding hydrogens is 358 g/mol. The molecule has 0 aliphatic rings. The van der Waals surface area contributed by atoms with Crippen molar-refractivity contribution >= 4 is 17.5 Å². The molecule has 146 valence electrons. The number of anilines is 1. The van der Waals surface area contributed by atoms with Gasteiger partial charge in [-0.05, 0) is 41.8 Å². The normalized spacial score (nSPS) is 9.89. The molecule has 0 aliphatic carbocycles. The van der Waals surface area contributed by atoms with Crippen LogP contribution in [-0.4, -0.2) is 26.0 Å². The minimum absolute atomic E-state index is 0.111. The second kappa shape index (κ2) is 10.6. The molecule has 2 rings (SSSR count). The summed E-state index contributed by atoms with van der Waals surface area (Å²) in [5.74, 6) is 0.841. The quantitative estimate of drug-likeness (QED) is 0.696. The summed E-state index contributed by atoms with van der Waals surface area (Å²) in [6.07, 6.45) is 0.710. The molecule has 2 N–H and O–H groups in total. The third kappa shape index (κ3) is 6.32. The van der Waals surface area contributed by atoms with Gasteiger partial charge in [-0.1, -0.05) is 18.2 Å². The van der Waals surface area contributed by atoms with Crippen molar-refractivity contribution in [3.8, 4) is 17.6 Å². The van der Waals surface area contributed by atoms with Crippen LogP contribution in [0.3, 0.4) is 0 Å². The van der Waals surface area contributed by atoms with Crippen molar-refractivity contribution in [1.29, 1.82) is 5.26 Å². The number of carbonyl (C=O) groups excluding carboxylic acids is 2. The van der Waals surface area contributed by atoms with Crippen molar-refractivity contribution in [2.24, 2.45) is 0 Å².